The molecule has 0 saturated carbocycles. The fourth-order valence-electron chi connectivity index (χ4n) is 6.65. The molecule has 2 aliphatic rings. The summed E-state index contributed by atoms with van der Waals surface area (Å²) in [7, 11) is 1.57. The number of aromatic nitrogens is 1. The second-order valence-corrected chi connectivity index (χ2v) is 13.0. The zero-order chi connectivity index (χ0) is 33.2. The molecule has 46 heavy (non-hydrogen) atoms. The first-order valence-electron chi connectivity index (χ1n) is 17.1. The summed E-state index contributed by atoms with van der Waals surface area (Å²) in [4.78, 5) is 63.1. The minimum absolute atomic E-state index is 0.0761. The Balaban J connectivity index is 1.66. The third-order valence-electron chi connectivity index (χ3n) is 9.80. The molecular formula is C36H53N5O5. The normalized spacial score (nSPS) is 24.1. The Morgan fingerprint density at radius 2 is 1.72 bits per heavy atom. The Bertz CT molecular complexity index is 1390. The Morgan fingerprint density at radius 1 is 0.978 bits per heavy atom. The molecule has 0 radical (unpaired) electrons. The van der Waals surface area contributed by atoms with Crippen LogP contribution in [0.25, 0.3) is 10.9 Å². The fraction of sp³-hybridized carbons (Fsp3) is 0.611. The molecule has 2 fully saturated rings. The van der Waals surface area contributed by atoms with Gasteiger partial charge in [-0.15, -0.1) is 0 Å². The molecule has 0 bridgehead atoms. The number of unbranched alkanes of at least 4 members (excludes halogenated alkanes) is 2. The van der Waals surface area contributed by atoms with Crippen LogP contribution in [-0.2, 0) is 25.6 Å². The molecule has 0 unspecified atom stereocenters. The Morgan fingerprint density at radius 3 is 2.46 bits per heavy atom. The third kappa shape index (κ3) is 8.78. The molecule has 4 rings (SSSR count). The zero-order valence-corrected chi connectivity index (χ0v) is 28.1. The summed E-state index contributed by atoms with van der Waals surface area (Å²) in [5.41, 5.74) is 2.87. The standard InChI is InChI=1S/C36H53N5O5/c1-6-24(3)15-9-8-10-17-28-34(43)38-29(21-26-22-41(46-5)30-18-12-11-16-27(26)30)35(44)39-33(25(4)7-2)32(42)23-40-20-14-13-19-31(40)36(45)37-28/h11-12,16,18,22,25,28-29,31,33H,3,6-10,13-15,17,19-21,23H2,1-2,4-5H3,(H,37,45)(H,38,43)(H,39,44)/t25-,28-,29-,31+,33-/m0/s1. The number of carbonyl (C=O) groups excluding carboxylic acids is 4. The van der Waals surface area contributed by atoms with Crippen LogP contribution in [0.15, 0.2) is 42.6 Å². The van der Waals surface area contributed by atoms with E-state index in [0.717, 1.165) is 61.4 Å². The number of nitrogens with zero attached hydrogens (tertiary/aromatic N) is 2. The Kier molecular flexibility index (Phi) is 12.8. The van der Waals surface area contributed by atoms with Crippen LogP contribution in [0.3, 0.4) is 0 Å². The molecule has 3 N–H and O–H groups in total. The van der Waals surface area contributed by atoms with Crippen molar-refractivity contribution in [2.45, 2.75) is 116 Å². The summed E-state index contributed by atoms with van der Waals surface area (Å²) < 4.78 is 1.64. The van der Waals surface area contributed by atoms with Crippen LogP contribution in [-0.4, -0.2) is 77.5 Å². The number of fused-ring (bicyclic) bond motifs is 2. The van der Waals surface area contributed by atoms with E-state index in [-0.39, 0.29) is 30.6 Å². The number of para-hydroxylation sites is 1. The number of hydrogen-bond donors (Lipinski definition) is 3. The van der Waals surface area contributed by atoms with E-state index in [4.69, 9.17) is 4.84 Å². The average molecular weight is 636 g/mol. The molecule has 10 heteroatoms. The van der Waals surface area contributed by atoms with E-state index < -0.39 is 36.0 Å². The lowest BCUT2D eigenvalue weighted by Crippen LogP contribution is -2.57. The second-order valence-electron chi connectivity index (χ2n) is 13.0. The number of amides is 3. The first-order valence-corrected chi connectivity index (χ1v) is 17.1. The maximum Gasteiger partial charge on any atom is 0.243 e. The first kappa shape index (κ1) is 35.2. The molecule has 5 atom stereocenters. The summed E-state index contributed by atoms with van der Waals surface area (Å²) in [6.07, 6.45) is 10.1. The fourth-order valence-corrected chi connectivity index (χ4v) is 6.65. The number of nitrogens with one attached hydrogen (secondary N) is 3. The van der Waals surface area contributed by atoms with Crippen LogP contribution < -0.4 is 20.8 Å². The molecule has 252 valence electrons. The van der Waals surface area contributed by atoms with Crippen LogP contribution in [0.5, 0.6) is 0 Å². The van der Waals surface area contributed by atoms with Crippen molar-refractivity contribution in [2.24, 2.45) is 5.92 Å². The second kappa shape index (κ2) is 16.8. The molecule has 3 amide bonds. The van der Waals surface area contributed by atoms with E-state index >= 15 is 0 Å². The predicted octanol–water partition coefficient (Wildman–Crippen LogP) is 4.10. The topological polar surface area (TPSA) is 122 Å². The van der Waals surface area contributed by atoms with Gasteiger partial charge in [-0.1, -0.05) is 76.8 Å². The van der Waals surface area contributed by atoms with Gasteiger partial charge in [0.25, 0.3) is 0 Å². The van der Waals surface area contributed by atoms with Crippen LogP contribution >= 0.6 is 0 Å². The van der Waals surface area contributed by atoms with Crippen molar-refractivity contribution >= 4 is 34.4 Å². The van der Waals surface area contributed by atoms with E-state index in [1.807, 2.05) is 49.2 Å². The molecule has 10 nitrogen and oxygen atoms in total. The van der Waals surface area contributed by atoms with Gasteiger partial charge in [-0.25, -0.2) is 0 Å². The van der Waals surface area contributed by atoms with Crippen molar-refractivity contribution < 1.29 is 24.0 Å². The van der Waals surface area contributed by atoms with E-state index in [2.05, 4.69) is 29.5 Å². The minimum Gasteiger partial charge on any atom is -0.417 e. The van der Waals surface area contributed by atoms with Gasteiger partial charge in [-0.05, 0) is 62.6 Å². The highest BCUT2D eigenvalue weighted by Gasteiger charge is 2.37. The number of rotatable bonds is 12. The molecule has 3 heterocycles. The predicted molar refractivity (Wildman–Crippen MR) is 180 cm³/mol. The highest BCUT2D eigenvalue weighted by atomic mass is 16.6. The van der Waals surface area contributed by atoms with Crippen molar-refractivity contribution in [3.05, 3.63) is 48.2 Å². The van der Waals surface area contributed by atoms with E-state index in [1.54, 1.807) is 11.8 Å². The number of piperidine rings is 1. The van der Waals surface area contributed by atoms with Crippen molar-refractivity contribution in [2.75, 3.05) is 20.2 Å². The zero-order valence-electron chi connectivity index (χ0n) is 28.1. The van der Waals surface area contributed by atoms with Crippen LogP contribution in [0.4, 0.5) is 0 Å². The number of benzene rings is 1. The summed E-state index contributed by atoms with van der Waals surface area (Å²) in [6, 6.07) is 4.71. The number of ketones is 1. The third-order valence-corrected chi connectivity index (χ3v) is 9.80. The van der Waals surface area contributed by atoms with Crippen molar-refractivity contribution in [1.82, 2.24) is 25.6 Å². The van der Waals surface area contributed by atoms with Crippen LogP contribution in [0.1, 0.15) is 90.5 Å². The van der Waals surface area contributed by atoms with Gasteiger partial charge in [-0.3, -0.25) is 24.1 Å². The summed E-state index contributed by atoms with van der Waals surface area (Å²) in [5.74, 6) is -1.28. The van der Waals surface area contributed by atoms with Gasteiger partial charge in [0.05, 0.1) is 24.1 Å². The van der Waals surface area contributed by atoms with Crippen molar-refractivity contribution in [1.29, 1.82) is 0 Å². The molecule has 2 aliphatic heterocycles. The number of Topliss-reactive ketones (excluding diaryl/α,β-unsaturated/α-hetero) is 1. The molecule has 0 spiro atoms. The quantitative estimate of drug-likeness (QED) is 0.239. The molecule has 0 aliphatic carbocycles. The minimum atomic E-state index is -0.974. The monoisotopic (exact) mass is 635 g/mol. The lowest BCUT2D eigenvalue weighted by molar-refractivity contribution is -0.134. The summed E-state index contributed by atoms with van der Waals surface area (Å²) in [5, 5.41) is 9.97. The first-order chi connectivity index (χ1) is 22.2. The highest BCUT2D eigenvalue weighted by Crippen LogP contribution is 2.24. The molecule has 1 aromatic heterocycles. The SMILES string of the molecule is C=C(CC)CCCCC[C@@H]1NC(=O)[C@H]2CCCCN2CC(=O)[C@H]([C@@H](C)CC)NC(=O)[C@H](Cc2cn(OC)c3ccccc23)NC1=O. The van der Waals surface area contributed by atoms with Gasteiger partial charge < -0.3 is 20.8 Å². The van der Waals surface area contributed by atoms with Crippen LogP contribution in [0, 0.1) is 5.92 Å². The maximum absolute atomic E-state index is 14.1. The van der Waals surface area contributed by atoms with Crippen LogP contribution in [0.2, 0.25) is 0 Å². The van der Waals surface area contributed by atoms with Gasteiger partial charge in [0.2, 0.25) is 17.7 Å². The number of allylic oxidation sites excluding steroid dienone is 1. The molecule has 2 aromatic rings. The van der Waals surface area contributed by atoms with Gasteiger partial charge in [0, 0.05) is 18.0 Å². The Hall–Kier alpha value is -3.66. The number of carbonyl (C=O) groups is 4. The van der Waals surface area contributed by atoms with Gasteiger partial charge in [0.15, 0.2) is 5.78 Å². The van der Waals surface area contributed by atoms with Gasteiger partial charge in [0.1, 0.15) is 19.2 Å². The highest BCUT2D eigenvalue weighted by molar-refractivity contribution is 5.97. The number of hydrogen-bond acceptors (Lipinski definition) is 6. The Labute approximate surface area is 273 Å². The lowest BCUT2D eigenvalue weighted by atomic mass is 9.93. The van der Waals surface area contributed by atoms with E-state index in [1.165, 1.54) is 5.57 Å². The van der Waals surface area contributed by atoms with Gasteiger partial charge in [-0.2, -0.15) is 4.73 Å². The molecule has 2 saturated heterocycles. The summed E-state index contributed by atoms with van der Waals surface area (Å²) in [6.45, 7) is 10.8. The maximum atomic E-state index is 14.1. The summed E-state index contributed by atoms with van der Waals surface area (Å²) >= 11 is 0. The average Bonchev–Trinajstić information content (AvgIpc) is 3.42. The van der Waals surface area contributed by atoms with E-state index in [9.17, 15) is 19.2 Å². The largest absolute Gasteiger partial charge is 0.417 e. The van der Waals surface area contributed by atoms with Crippen molar-refractivity contribution in [3.8, 4) is 0 Å². The van der Waals surface area contributed by atoms with E-state index in [0.29, 0.717) is 25.8 Å². The molecule has 1 aromatic carbocycles. The smallest absolute Gasteiger partial charge is 0.243 e. The van der Waals surface area contributed by atoms with Gasteiger partial charge >= 0.3 is 0 Å². The lowest BCUT2D eigenvalue weighted by Gasteiger charge is -2.36. The molecular weight excluding hydrogens is 582 g/mol. The van der Waals surface area contributed by atoms with Crippen molar-refractivity contribution in [3.63, 3.8) is 0 Å².